The molecule has 0 aromatic carbocycles. The van der Waals surface area contributed by atoms with Gasteiger partial charge in [-0.15, -0.1) is 0 Å². The normalized spacial score (nSPS) is 18.9. The molecule has 5 nitrogen and oxygen atoms in total. The number of aliphatic hydroxyl groups is 3. The van der Waals surface area contributed by atoms with Gasteiger partial charge in [-0.2, -0.15) is 0 Å². The molecule has 0 rings (SSSR count). The van der Waals surface area contributed by atoms with Crippen LogP contribution >= 0.6 is 0 Å². The first-order chi connectivity index (χ1) is 4.95. The monoisotopic (exact) mass is 164 g/mol. The summed E-state index contributed by atoms with van der Waals surface area (Å²) in [4.78, 5) is 10.0. The average Bonchev–Trinajstić information content (AvgIpc) is 1.84. The third-order valence-corrected chi connectivity index (χ3v) is 1.20. The minimum atomic E-state index is -1.82. The molecular weight excluding hydrogens is 152 g/mol. The zero-order chi connectivity index (χ0) is 9.02. The Balaban J connectivity index is 3.82. The molecule has 0 aromatic heterocycles. The Morgan fingerprint density at radius 1 is 1.36 bits per heavy atom. The van der Waals surface area contributed by atoms with E-state index in [2.05, 4.69) is 0 Å². The molecule has 0 aliphatic carbocycles. The topological polar surface area (TPSA) is 98.0 Å². The number of aliphatic hydroxyl groups excluding tert-OH is 3. The molecule has 3 unspecified atom stereocenters. The maximum Gasteiger partial charge on any atom is 0.335 e. The number of carbonyl (C=O) groups is 1. The molecule has 0 aromatic rings. The van der Waals surface area contributed by atoms with Crippen LogP contribution in [0.2, 0.25) is 0 Å². The first-order valence-electron chi connectivity index (χ1n) is 3.22. The largest absolute Gasteiger partial charge is 0.479 e. The first kappa shape index (κ1) is 10.3. The van der Waals surface area contributed by atoms with Gasteiger partial charge in [0, 0.05) is 6.42 Å². The van der Waals surface area contributed by atoms with Gasteiger partial charge in [0.1, 0.15) is 0 Å². The second kappa shape index (κ2) is 4.27. The molecule has 0 amide bonds. The summed E-state index contributed by atoms with van der Waals surface area (Å²) in [6.07, 6.45) is -4.19. The molecule has 0 bridgehead atoms. The van der Waals surface area contributed by atoms with Crippen LogP contribution in [0.1, 0.15) is 13.3 Å². The van der Waals surface area contributed by atoms with Gasteiger partial charge in [0.2, 0.25) is 0 Å². The van der Waals surface area contributed by atoms with Crippen LogP contribution in [-0.2, 0) is 4.79 Å². The summed E-state index contributed by atoms with van der Waals surface area (Å²) >= 11 is 0. The van der Waals surface area contributed by atoms with Crippen LogP contribution in [0.3, 0.4) is 0 Å². The minimum absolute atomic E-state index is 0.145. The van der Waals surface area contributed by atoms with Crippen LogP contribution in [0.5, 0.6) is 0 Å². The molecular formula is C6H12O5. The number of carboxylic acids is 1. The fraction of sp³-hybridized carbons (Fsp3) is 0.833. The molecule has 5 heteroatoms. The fourth-order valence-corrected chi connectivity index (χ4v) is 0.643. The van der Waals surface area contributed by atoms with E-state index in [1.807, 2.05) is 0 Å². The van der Waals surface area contributed by atoms with Gasteiger partial charge in [-0.1, -0.05) is 0 Å². The lowest BCUT2D eigenvalue weighted by Gasteiger charge is -2.14. The van der Waals surface area contributed by atoms with Gasteiger partial charge in [0.15, 0.2) is 6.10 Å². The van der Waals surface area contributed by atoms with Crippen molar-refractivity contribution in [3.8, 4) is 0 Å². The molecule has 0 heterocycles. The molecule has 0 saturated heterocycles. The second-order valence-electron chi connectivity index (χ2n) is 2.44. The highest BCUT2D eigenvalue weighted by atomic mass is 16.4. The molecule has 0 fully saturated rings. The second-order valence-corrected chi connectivity index (χ2v) is 2.44. The van der Waals surface area contributed by atoms with Crippen LogP contribution in [0, 0.1) is 0 Å². The standard InChI is InChI=1S/C6H12O5/c1-3(7)2-4(8)5(9)6(10)11/h3-5,7-9H,2H2,1H3,(H,10,11). The van der Waals surface area contributed by atoms with Crippen molar-refractivity contribution in [2.45, 2.75) is 31.7 Å². The van der Waals surface area contributed by atoms with E-state index in [1.54, 1.807) is 0 Å². The summed E-state index contributed by atoms with van der Waals surface area (Å²) in [6, 6.07) is 0. The summed E-state index contributed by atoms with van der Waals surface area (Å²) in [5, 5.41) is 34.4. The number of hydrogen-bond acceptors (Lipinski definition) is 4. The molecule has 0 spiro atoms. The Hall–Kier alpha value is -0.650. The van der Waals surface area contributed by atoms with Gasteiger partial charge in [0.05, 0.1) is 12.2 Å². The van der Waals surface area contributed by atoms with Crippen molar-refractivity contribution >= 4 is 5.97 Å². The van der Waals surface area contributed by atoms with Crippen molar-refractivity contribution < 1.29 is 25.2 Å². The van der Waals surface area contributed by atoms with E-state index in [1.165, 1.54) is 6.92 Å². The van der Waals surface area contributed by atoms with E-state index in [0.717, 1.165) is 0 Å². The fourth-order valence-electron chi connectivity index (χ4n) is 0.643. The van der Waals surface area contributed by atoms with Crippen molar-refractivity contribution in [3.63, 3.8) is 0 Å². The number of hydrogen-bond donors (Lipinski definition) is 4. The molecule has 0 saturated carbocycles. The number of rotatable bonds is 4. The molecule has 4 N–H and O–H groups in total. The minimum Gasteiger partial charge on any atom is -0.479 e. The predicted octanol–water partition coefficient (Wildman–Crippen LogP) is -1.44. The summed E-state index contributed by atoms with van der Waals surface area (Å²) < 4.78 is 0. The maximum absolute atomic E-state index is 10.0. The Labute approximate surface area is 63.9 Å². The highest BCUT2D eigenvalue weighted by Crippen LogP contribution is 2.02. The van der Waals surface area contributed by atoms with Gasteiger partial charge in [-0.3, -0.25) is 0 Å². The Kier molecular flexibility index (Phi) is 4.02. The van der Waals surface area contributed by atoms with E-state index in [9.17, 15) is 4.79 Å². The van der Waals surface area contributed by atoms with Crippen LogP contribution < -0.4 is 0 Å². The Bertz CT molecular complexity index is 133. The number of aliphatic carboxylic acids is 1. The van der Waals surface area contributed by atoms with E-state index in [4.69, 9.17) is 20.4 Å². The quantitative estimate of drug-likeness (QED) is 0.408. The Morgan fingerprint density at radius 2 is 1.82 bits per heavy atom. The van der Waals surface area contributed by atoms with Gasteiger partial charge in [-0.25, -0.2) is 4.79 Å². The van der Waals surface area contributed by atoms with E-state index < -0.39 is 24.3 Å². The van der Waals surface area contributed by atoms with Crippen molar-refractivity contribution in [1.29, 1.82) is 0 Å². The lowest BCUT2D eigenvalue weighted by molar-refractivity contribution is -0.153. The maximum atomic E-state index is 10.0. The van der Waals surface area contributed by atoms with Gasteiger partial charge in [0.25, 0.3) is 0 Å². The van der Waals surface area contributed by atoms with Crippen LogP contribution in [-0.4, -0.2) is 44.7 Å². The lowest BCUT2D eigenvalue weighted by atomic mass is 10.1. The Morgan fingerprint density at radius 3 is 2.09 bits per heavy atom. The van der Waals surface area contributed by atoms with Crippen LogP contribution in [0.25, 0.3) is 0 Å². The van der Waals surface area contributed by atoms with E-state index >= 15 is 0 Å². The van der Waals surface area contributed by atoms with Crippen molar-refractivity contribution in [2.24, 2.45) is 0 Å². The molecule has 3 atom stereocenters. The predicted molar refractivity (Wildman–Crippen MR) is 35.9 cm³/mol. The van der Waals surface area contributed by atoms with Crippen LogP contribution in [0.4, 0.5) is 0 Å². The average molecular weight is 164 g/mol. The molecule has 11 heavy (non-hydrogen) atoms. The summed E-state index contributed by atoms with van der Waals surface area (Å²) in [7, 11) is 0. The summed E-state index contributed by atoms with van der Waals surface area (Å²) in [6.45, 7) is 1.40. The number of carboxylic acid groups (broad SMARTS) is 1. The van der Waals surface area contributed by atoms with E-state index in [-0.39, 0.29) is 6.42 Å². The SMILES string of the molecule is CC(O)CC(O)C(O)C(=O)O. The zero-order valence-electron chi connectivity index (χ0n) is 6.14. The third kappa shape index (κ3) is 3.92. The van der Waals surface area contributed by atoms with Gasteiger partial charge >= 0.3 is 5.97 Å². The van der Waals surface area contributed by atoms with E-state index in [0.29, 0.717) is 0 Å². The molecule has 0 aliphatic rings. The molecule has 0 aliphatic heterocycles. The van der Waals surface area contributed by atoms with Crippen molar-refractivity contribution in [1.82, 2.24) is 0 Å². The van der Waals surface area contributed by atoms with Crippen LogP contribution in [0.15, 0.2) is 0 Å². The third-order valence-electron chi connectivity index (χ3n) is 1.20. The molecule has 0 radical (unpaired) electrons. The summed E-state index contributed by atoms with van der Waals surface area (Å²) in [5.41, 5.74) is 0. The smallest absolute Gasteiger partial charge is 0.335 e. The zero-order valence-corrected chi connectivity index (χ0v) is 6.14. The highest BCUT2D eigenvalue weighted by molar-refractivity contribution is 5.72. The first-order valence-corrected chi connectivity index (χ1v) is 3.22. The summed E-state index contributed by atoms with van der Waals surface area (Å²) in [5.74, 6) is -1.49. The molecule has 66 valence electrons. The highest BCUT2D eigenvalue weighted by Gasteiger charge is 2.24. The van der Waals surface area contributed by atoms with Crippen molar-refractivity contribution in [2.75, 3.05) is 0 Å². The van der Waals surface area contributed by atoms with Crippen molar-refractivity contribution in [3.05, 3.63) is 0 Å². The van der Waals surface area contributed by atoms with Gasteiger partial charge in [-0.05, 0) is 6.92 Å². The lowest BCUT2D eigenvalue weighted by Crippen LogP contribution is -2.35. The van der Waals surface area contributed by atoms with Gasteiger partial charge < -0.3 is 20.4 Å².